The highest BCUT2D eigenvalue weighted by Crippen LogP contribution is 2.36. The third-order valence-electron chi connectivity index (χ3n) is 4.58. The Kier molecular flexibility index (Phi) is 5.14. The van der Waals surface area contributed by atoms with Gasteiger partial charge in [-0.05, 0) is 53.6 Å². The Morgan fingerprint density at radius 1 is 1.17 bits per heavy atom. The molecule has 4 rings (SSSR count). The van der Waals surface area contributed by atoms with Crippen molar-refractivity contribution in [2.24, 2.45) is 0 Å². The molecule has 0 radical (unpaired) electrons. The summed E-state index contributed by atoms with van der Waals surface area (Å²) in [6.45, 7) is 0.283. The van der Waals surface area contributed by atoms with Gasteiger partial charge in [0.15, 0.2) is 5.82 Å². The minimum atomic E-state index is -0.455. The van der Waals surface area contributed by atoms with E-state index in [0.29, 0.717) is 17.4 Å². The normalized spacial score (nSPS) is 13.1. The molecule has 148 valence electrons. The molecule has 29 heavy (non-hydrogen) atoms. The van der Waals surface area contributed by atoms with Gasteiger partial charge in [0.25, 0.3) is 5.69 Å². The number of nitro benzene ring substituents is 1. The highest BCUT2D eigenvalue weighted by molar-refractivity contribution is 5.91. The molecule has 1 amide bonds. The molecule has 1 saturated carbocycles. The number of carbonyl (C=O) groups excluding carboxylic acids is 1. The summed E-state index contributed by atoms with van der Waals surface area (Å²) in [5, 5.41) is 28.6. The number of anilines is 2. The van der Waals surface area contributed by atoms with Crippen LogP contribution in [0, 0.1) is 10.1 Å². The number of aromatic nitrogens is 4. The first kappa shape index (κ1) is 18.5. The maximum Gasteiger partial charge on any atom is 0.292 e. The second-order valence-corrected chi connectivity index (χ2v) is 6.75. The van der Waals surface area contributed by atoms with Crippen LogP contribution in [0.15, 0.2) is 48.5 Å². The Morgan fingerprint density at radius 3 is 2.66 bits per heavy atom. The molecule has 0 atom stereocenters. The SMILES string of the molecule is O=C(CCNc1ccccc1[N+](=O)[O-])Nc1ccc(-c2nnnn2C2CC2)cc1. The van der Waals surface area contributed by atoms with Crippen LogP contribution in [0.4, 0.5) is 17.1 Å². The number of nitrogens with one attached hydrogen (secondary N) is 2. The van der Waals surface area contributed by atoms with Crippen LogP contribution in [0.1, 0.15) is 25.3 Å². The molecular weight excluding hydrogens is 374 g/mol. The van der Waals surface area contributed by atoms with Gasteiger partial charge < -0.3 is 10.6 Å². The largest absolute Gasteiger partial charge is 0.379 e. The summed E-state index contributed by atoms with van der Waals surface area (Å²) in [6.07, 6.45) is 2.35. The number of nitro groups is 1. The summed E-state index contributed by atoms with van der Waals surface area (Å²) in [7, 11) is 0. The molecule has 10 heteroatoms. The molecule has 1 fully saturated rings. The van der Waals surface area contributed by atoms with Gasteiger partial charge in [-0.1, -0.05) is 12.1 Å². The van der Waals surface area contributed by atoms with Crippen molar-refractivity contribution in [2.75, 3.05) is 17.2 Å². The van der Waals surface area contributed by atoms with Gasteiger partial charge in [0.1, 0.15) is 5.69 Å². The van der Waals surface area contributed by atoms with Crippen molar-refractivity contribution in [3.05, 3.63) is 58.6 Å². The minimum absolute atomic E-state index is 0.0166. The summed E-state index contributed by atoms with van der Waals surface area (Å²) in [6, 6.07) is 14.1. The quantitative estimate of drug-likeness (QED) is 0.445. The minimum Gasteiger partial charge on any atom is -0.379 e. The van der Waals surface area contributed by atoms with Crippen LogP contribution in [0.5, 0.6) is 0 Å². The summed E-state index contributed by atoms with van der Waals surface area (Å²) in [5.74, 6) is 0.533. The maximum atomic E-state index is 12.2. The van der Waals surface area contributed by atoms with E-state index in [1.54, 1.807) is 30.3 Å². The lowest BCUT2D eigenvalue weighted by molar-refractivity contribution is -0.384. The number of para-hydroxylation sites is 2. The number of hydrogen-bond acceptors (Lipinski definition) is 7. The third kappa shape index (κ3) is 4.37. The number of carbonyl (C=O) groups is 1. The zero-order chi connectivity index (χ0) is 20.2. The van der Waals surface area contributed by atoms with Gasteiger partial charge in [-0.25, -0.2) is 4.68 Å². The van der Waals surface area contributed by atoms with E-state index in [-0.39, 0.29) is 24.6 Å². The molecule has 3 aromatic rings. The number of nitrogens with zero attached hydrogens (tertiary/aromatic N) is 5. The summed E-state index contributed by atoms with van der Waals surface area (Å²) < 4.78 is 1.84. The van der Waals surface area contributed by atoms with Gasteiger partial charge in [-0.2, -0.15) is 0 Å². The third-order valence-corrected chi connectivity index (χ3v) is 4.58. The van der Waals surface area contributed by atoms with Crippen LogP contribution in [-0.2, 0) is 4.79 Å². The van der Waals surface area contributed by atoms with Gasteiger partial charge in [0.05, 0.1) is 11.0 Å². The Labute approximate surface area is 166 Å². The fourth-order valence-electron chi connectivity index (χ4n) is 2.97. The first-order chi connectivity index (χ1) is 14.1. The monoisotopic (exact) mass is 393 g/mol. The summed E-state index contributed by atoms with van der Waals surface area (Å²) in [4.78, 5) is 22.7. The first-order valence-corrected chi connectivity index (χ1v) is 9.27. The van der Waals surface area contributed by atoms with Crippen molar-refractivity contribution >= 4 is 23.0 Å². The van der Waals surface area contributed by atoms with E-state index in [4.69, 9.17) is 0 Å². The Bertz CT molecular complexity index is 1030. The van der Waals surface area contributed by atoms with E-state index >= 15 is 0 Å². The van der Waals surface area contributed by atoms with Crippen molar-refractivity contribution in [2.45, 2.75) is 25.3 Å². The van der Waals surface area contributed by atoms with Crippen LogP contribution < -0.4 is 10.6 Å². The molecule has 1 aliphatic rings. The van der Waals surface area contributed by atoms with E-state index in [1.807, 2.05) is 16.8 Å². The molecular formula is C19H19N7O3. The standard InChI is InChI=1S/C19H19N7O3/c27-18(11-12-20-16-3-1-2-4-17(16)26(28)29)21-14-7-5-13(6-8-14)19-22-23-24-25(19)15-9-10-15/h1-8,15,20H,9-12H2,(H,21,27). The Morgan fingerprint density at radius 2 is 1.93 bits per heavy atom. The van der Waals surface area contributed by atoms with Crippen LogP contribution in [0.25, 0.3) is 11.4 Å². The highest BCUT2D eigenvalue weighted by Gasteiger charge is 2.28. The summed E-state index contributed by atoms with van der Waals surface area (Å²) >= 11 is 0. The predicted molar refractivity (Wildman–Crippen MR) is 106 cm³/mol. The number of rotatable bonds is 8. The lowest BCUT2D eigenvalue weighted by Gasteiger charge is -2.09. The van der Waals surface area contributed by atoms with Gasteiger partial charge in [0, 0.05) is 30.3 Å². The van der Waals surface area contributed by atoms with Crippen LogP contribution in [0.3, 0.4) is 0 Å². The van der Waals surface area contributed by atoms with E-state index in [9.17, 15) is 14.9 Å². The Hall–Kier alpha value is -3.82. The van der Waals surface area contributed by atoms with Crippen molar-refractivity contribution in [1.29, 1.82) is 0 Å². The molecule has 0 bridgehead atoms. The van der Waals surface area contributed by atoms with Crippen molar-refractivity contribution in [3.8, 4) is 11.4 Å². The zero-order valence-electron chi connectivity index (χ0n) is 15.5. The second kappa shape index (κ2) is 8.05. The average molecular weight is 393 g/mol. The topological polar surface area (TPSA) is 128 Å². The van der Waals surface area contributed by atoms with Crippen LogP contribution in [-0.4, -0.2) is 37.6 Å². The number of amides is 1. The van der Waals surface area contributed by atoms with Gasteiger partial charge >= 0.3 is 0 Å². The van der Waals surface area contributed by atoms with Crippen LogP contribution in [0.2, 0.25) is 0 Å². The Balaban J connectivity index is 1.31. The number of tetrazole rings is 1. The highest BCUT2D eigenvalue weighted by atomic mass is 16.6. The lowest BCUT2D eigenvalue weighted by Crippen LogP contribution is -2.16. The van der Waals surface area contributed by atoms with E-state index in [1.165, 1.54) is 6.07 Å². The van der Waals surface area contributed by atoms with Crippen molar-refractivity contribution in [3.63, 3.8) is 0 Å². The molecule has 2 N–H and O–H groups in total. The lowest BCUT2D eigenvalue weighted by atomic mass is 10.2. The molecule has 10 nitrogen and oxygen atoms in total. The molecule has 1 aromatic heterocycles. The van der Waals surface area contributed by atoms with Crippen molar-refractivity contribution in [1.82, 2.24) is 20.2 Å². The van der Waals surface area contributed by atoms with E-state index in [0.717, 1.165) is 24.2 Å². The van der Waals surface area contributed by atoms with Gasteiger partial charge in [-0.15, -0.1) is 5.10 Å². The number of hydrogen-bond donors (Lipinski definition) is 2. The molecule has 0 unspecified atom stereocenters. The van der Waals surface area contributed by atoms with Crippen molar-refractivity contribution < 1.29 is 9.72 Å². The second-order valence-electron chi connectivity index (χ2n) is 6.75. The molecule has 0 aliphatic heterocycles. The molecule has 2 aromatic carbocycles. The fraction of sp³-hybridized carbons (Fsp3) is 0.263. The molecule has 0 saturated heterocycles. The molecule has 1 aliphatic carbocycles. The van der Waals surface area contributed by atoms with Gasteiger partial charge in [0.2, 0.25) is 5.91 Å². The van der Waals surface area contributed by atoms with Gasteiger partial charge in [-0.3, -0.25) is 14.9 Å². The molecule has 0 spiro atoms. The first-order valence-electron chi connectivity index (χ1n) is 9.27. The summed E-state index contributed by atoms with van der Waals surface area (Å²) in [5.41, 5.74) is 1.92. The molecule has 1 heterocycles. The smallest absolute Gasteiger partial charge is 0.292 e. The fourth-order valence-corrected chi connectivity index (χ4v) is 2.97. The van der Waals surface area contributed by atoms with E-state index in [2.05, 4.69) is 26.2 Å². The van der Waals surface area contributed by atoms with Crippen LogP contribution >= 0.6 is 0 Å². The average Bonchev–Trinajstić information content (AvgIpc) is 3.45. The van der Waals surface area contributed by atoms with E-state index < -0.39 is 4.92 Å². The maximum absolute atomic E-state index is 12.2. The predicted octanol–water partition coefficient (Wildman–Crippen LogP) is 3.02. The zero-order valence-corrected chi connectivity index (χ0v) is 15.5. The number of benzene rings is 2.